The van der Waals surface area contributed by atoms with E-state index in [9.17, 15) is 0 Å². The number of ether oxygens (including phenoxy) is 1. The minimum Gasteiger partial charge on any atom is -0.412 e. The molecule has 2 fully saturated rings. The van der Waals surface area contributed by atoms with Crippen molar-refractivity contribution in [3.8, 4) is 0 Å². The summed E-state index contributed by atoms with van der Waals surface area (Å²) in [6.07, 6.45) is 13.9. The highest BCUT2D eigenvalue weighted by molar-refractivity contribution is 5.39. The zero-order valence-corrected chi connectivity index (χ0v) is 7.05. The molecule has 0 bridgehead atoms. The summed E-state index contributed by atoms with van der Waals surface area (Å²) in [5, 5.41) is 0. The molecule has 1 aliphatic heterocycles. The highest BCUT2D eigenvalue weighted by Crippen LogP contribution is 2.60. The van der Waals surface area contributed by atoms with Crippen LogP contribution < -0.4 is 0 Å². The van der Waals surface area contributed by atoms with Crippen LogP contribution in [0.1, 0.15) is 25.7 Å². The Labute approximate surface area is 72.2 Å². The zero-order valence-electron chi connectivity index (χ0n) is 7.05. The predicted molar refractivity (Wildman–Crippen MR) is 46.9 cm³/mol. The molecule has 66 valence electrons. The van der Waals surface area contributed by atoms with E-state index in [0.717, 1.165) is 0 Å². The molecule has 2 unspecified atom stereocenters. The van der Waals surface area contributed by atoms with Gasteiger partial charge in [-0.2, -0.15) is 0 Å². The third-order valence-corrected chi connectivity index (χ3v) is 3.23. The summed E-state index contributed by atoms with van der Waals surface area (Å²) in [5.41, 5.74) is 0.306. The number of epoxide rings is 1. The van der Waals surface area contributed by atoms with E-state index in [2.05, 4.69) is 24.3 Å². The molecule has 2 atom stereocenters. The van der Waals surface area contributed by atoms with Gasteiger partial charge in [-0.3, -0.25) is 0 Å². The number of allylic oxidation sites excluding steroid dienone is 2. The van der Waals surface area contributed by atoms with Crippen molar-refractivity contribution >= 4 is 0 Å². The highest BCUT2D eigenvalue weighted by Gasteiger charge is 2.67. The van der Waals surface area contributed by atoms with Gasteiger partial charge in [-0.1, -0.05) is 12.2 Å². The molecule has 0 aromatic rings. The maximum absolute atomic E-state index is 5.84. The molecule has 3 rings (SSSR count). The average Bonchev–Trinajstić information content (AvgIpc) is 2.72. The van der Waals surface area contributed by atoms with Gasteiger partial charge in [0.2, 0.25) is 0 Å². The summed E-state index contributed by atoms with van der Waals surface area (Å²) < 4.78 is 5.84. The van der Waals surface area contributed by atoms with Crippen LogP contribution in [0.25, 0.3) is 0 Å². The van der Waals surface area contributed by atoms with Gasteiger partial charge in [0, 0.05) is 0 Å². The van der Waals surface area contributed by atoms with E-state index in [4.69, 9.17) is 4.74 Å². The van der Waals surface area contributed by atoms with Crippen molar-refractivity contribution in [1.82, 2.24) is 0 Å². The first kappa shape index (κ1) is 8.02. The quantitative estimate of drug-likeness (QED) is 0.501. The van der Waals surface area contributed by atoms with Crippen LogP contribution in [0.2, 0.25) is 0 Å². The Morgan fingerprint density at radius 3 is 1.92 bits per heavy atom. The van der Waals surface area contributed by atoms with E-state index >= 15 is 0 Å². The summed E-state index contributed by atoms with van der Waals surface area (Å²) >= 11 is 0. The van der Waals surface area contributed by atoms with E-state index < -0.39 is 0 Å². The molecule has 0 aromatic carbocycles. The Balaban J connectivity index is 0.000000563. The first-order valence-corrected chi connectivity index (χ1v) is 4.44. The van der Waals surface area contributed by atoms with Gasteiger partial charge < -0.3 is 10.2 Å². The van der Waals surface area contributed by atoms with Crippen molar-refractivity contribution in [2.75, 3.05) is 0 Å². The van der Waals surface area contributed by atoms with Crippen molar-refractivity contribution in [3.05, 3.63) is 24.3 Å². The molecular weight excluding hydrogens is 152 g/mol. The highest BCUT2D eigenvalue weighted by atomic mass is 16.6. The van der Waals surface area contributed by atoms with E-state index in [1.165, 1.54) is 25.7 Å². The first-order valence-electron chi connectivity index (χ1n) is 4.44. The minimum atomic E-state index is 0. The van der Waals surface area contributed by atoms with Crippen LogP contribution in [-0.2, 0) is 4.74 Å². The third-order valence-electron chi connectivity index (χ3n) is 3.23. The molecule has 0 spiro atoms. The SMILES string of the molecule is C1=CC23CCCCC2(C=C1)O3.O. The Morgan fingerprint density at radius 1 is 0.917 bits per heavy atom. The van der Waals surface area contributed by atoms with Gasteiger partial charge in [-0.25, -0.2) is 0 Å². The number of hydrogen-bond acceptors (Lipinski definition) is 1. The van der Waals surface area contributed by atoms with Gasteiger partial charge in [0.25, 0.3) is 0 Å². The molecule has 2 N–H and O–H groups in total. The molecule has 3 aliphatic rings. The maximum atomic E-state index is 5.84. The summed E-state index contributed by atoms with van der Waals surface area (Å²) in [5.74, 6) is 0. The van der Waals surface area contributed by atoms with Crippen LogP contribution in [0.15, 0.2) is 24.3 Å². The van der Waals surface area contributed by atoms with Crippen LogP contribution >= 0.6 is 0 Å². The smallest absolute Gasteiger partial charge is 0.120 e. The van der Waals surface area contributed by atoms with E-state index in [1.54, 1.807) is 0 Å². The molecular formula is C10H14O2. The standard InChI is InChI=1S/C10H12O.H2O/c1-2-6-10-8-4-3-7-9(10,5-1)11-10;/h1-2,5-6H,3-4,7-8H2;1H2. The van der Waals surface area contributed by atoms with Gasteiger partial charge in [0.1, 0.15) is 11.2 Å². The van der Waals surface area contributed by atoms with Crippen LogP contribution in [-0.4, -0.2) is 16.7 Å². The lowest BCUT2D eigenvalue weighted by atomic mass is 9.77. The molecule has 12 heavy (non-hydrogen) atoms. The second-order valence-electron chi connectivity index (χ2n) is 3.81. The van der Waals surface area contributed by atoms with Crippen LogP contribution in [0.3, 0.4) is 0 Å². The van der Waals surface area contributed by atoms with Gasteiger partial charge in [0.05, 0.1) is 0 Å². The lowest BCUT2D eigenvalue weighted by Crippen LogP contribution is -2.27. The van der Waals surface area contributed by atoms with Crippen molar-refractivity contribution < 1.29 is 10.2 Å². The van der Waals surface area contributed by atoms with Crippen molar-refractivity contribution in [2.24, 2.45) is 0 Å². The van der Waals surface area contributed by atoms with Gasteiger partial charge in [-0.05, 0) is 37.8 Å². The minimum absolute atomic E-state index is 0. The molecule has 1 heterocycles. The molecule has 0 aromatic heterocycles. The lowest BCUT2D eigenvalue weighted by Gasteiger charge is -2.21. The van der Waals surface area contributed by atoms with Crippen molar-refractivity contribution in [2.45, 2.75) is 36.9 Å². The topological polar surface area (TPSA) is 44.0 Å². The third kappa shape index (κ3) is 0.718. The molecule has 1 saturated carbocycles. The molecule has 0 amide bonds. The monoisotopic (exact) mass is 166 g/mol. The summed E-state index contributed by atoms with van der Waals surface area (Å²) in [4.78, 5) is 0. The lowest BCUT2D eigenvalue weighted by molar-refractivity contribution is 0.307. The van der Waals surface area contributed by atoms with Crippen LogP contribution in [0.4, 0.5) is 0 Å². The van der Waals surface area contributed by atoms with Crippen LogP contribution in [0.5, 0.6) is 0 Å². The second kappa shape index (κ2) is 2.21. The second-order valence-corrected chi connectivity index (χ2v) is 3.81. The fourth-order valence-corrected chi connectivity index (χ4v) is 2.54. The average molecular weight is 166 g/mol. The summed E-state index contributed by atoms with van der Waals surface area (Å²) in [7, 11) is 0. The molecule has 2 nitrogen and oxygen atoms in total. The fourth-order valence-electron chi connectivity index (χ4n) is 2.54. The van der Waals surface area contributed by atoms with Crippen molar-refractivity contribution in [3.63, 3.8) is 0 Å². The Hall–Kier alpha value is -0.600. The van der Waals surface area contributed by atoms with Gasteiger partial charge in [0.15, 0.2) is 0 Å². The molecule has 2 heteroatoms. The van der Waals surface area contributed by atoms with E-state index in [0.29, 0.717) is 0 Å². The summed E-state index contributed by atoms with van der Waals surface area (Å²) in [6, 6.07) is 0. The fraction of sp³-hybridized carbons (Fsp3) is 0.600. The Bertz CT molecular complexity index is 231. The van der Waals surface area contributed by atoms with E-state index in [-0.39, 0.29) is 16.7 Å². The van der Waals surface area contributed by atoms with E-state index in [1.807, 2.05) is 0 Å². The Kier molecular flexibility index (Phi) is 1.48. The van der Waals surface area contributed by atoms with Crippen molar-refractivity contribution in [1.29, 1.82) is 0 Å². The summed E-state index contributed by atoms with van der Waals surface area (Å²) in [6.45, 7) is 0. The first-order chi connectivity index (χ1) is 5.37. The van der Waals surface area contributed by atoms with Gasteiger partial charge >= 0.3 is 0 Å². The van der Waals surface area contributed by atoms with Crippen LogP contribution in [0, 0.1) is 0 Å². The molecule has 2 aliphatic carbocycles. The zero-order chi connectivity index (χ0) is 7.36. The van der Waals surface area contributed by atoms with Gasteiger partial charge in [-0.15, -0.1) is 0 Å². The Morgan fingerprint density at radius 2 is 1.42 bits per heavy atom. The normalized spacial score (nSPS) is 47.3. The number of rotatable bonds is 0. The molecule has 1 saturated heterocycles. The molecule has 0 radical (unpaired) electrons. The predicted octanol–water partition coefficient (Wildman–Crippen LogP) is 1.37. The maximum Gasteiger partial charge on any atom is 0.120 e. The number of hydrogen-bond donors (Lipinski definition) is 0. The largest absolute Gasteiger partial charge is 0.412 e.